The smallest absolute Gasteiger partial charge is 0.461 e. The summed E-state index contributed by atoms with van der Waals surface area (Å²) < 4.78 is 21.2. The lowest BCUT2D eigenvalue weighted by Crippen LogP contribution is -2.14. The van der Waals surface area contributed by atoms with Gasteiger partial charge in [0.1, 0.15) is 0 Å². The normalized spacial score (nSPS) is 10.8. The molecule has 0 amide bonds. The van der Waals surface area contributed by atoms with E-state index in [2.05, 4.69) is 0 Å². The molecule has 2 aromatic carbocycles. The van der Waals surface area contributed by atoms with Crippen molar-refractivity contribution in [3.05, 3.63) is 73.2 Å². The van der Waals surface area contributed by atoms with Crippen molar-refractivity contribution in [3.63, 3.8) is 0 Å². The Kier molecular flexibility index (Phi) is 6.46. The number of rotatable bonds is 6. The molecule has 0 saturated heterocycles. The molecule has 0 aliphatic rings. The molecule has 0 N–H and O–H groups in total. The minimum atomic E-state index is -0.886. The largest absolute Gasteiger partial charge is 0.519 e. The molecule has 0 spiro atoms. The van der Waals surface area contributed by atoms with Crippen LogP contribution in [0.2, 0.25) is 0 Å². The number of carbonyl (C=O) groups is 1. The third-order valence-electron chi connectivity index (χ3n) is 2.75. The average Bonchev–Trinajstić information content (AvgIpc) is 2.60. The number of ether oxygens (including phenoxy) is 4. The van der Waals surface area contributed by atoms with Crippen molar-refractivity contribution >= 4 is 6.16 Å². The van der Waals surface area contributed by atoms with Crippen LogP contribution in [-0.4, -0.2) is 6.16 Å². The molecule has 0 aromatic heterocycles. The van der Waals surface area contributed by atoms with Crippen molar-refractivity contribution in [2.24, 2.45) is 0 Å². The monoisotopic (exact) mass is 326 g/mol. The van der Waals surface area contributed by atoms with E-state index in [4.69, 9.17) is 18.9 Å². The highest BCUT2D eigenvalue weighted by atomic mass is 16.7. The Morgan fingerprint density at radius 1 is 0.708 bits per heavy atom. The second-order valence-corrected chi connectivity index (χ2v) is 4.52. The lowest BCUT2D eigenvalue weighted by Gasteiger charge is -2.11. The number of para-hydroxylation sites is 4. The zero-order valence-electron chi connectivity index (χ0n) is 13.5. The highest BCUT2D eigenvalue weighted by molar-refractivity contribution is 5.69. The standard InChI is InChI=1S/C19H18O5/c1-3-13-21-15-9-5-7-11-17(15)23-19(20)24-18-12-8-6-10-16(18)22-14-4-2/h3-14H,1-2H3. The first-order valence-electron chi connectivity index (χ1n) is 7.38. The van der Waals surface area contributed by atoms with Crippen LogP contribution in [0.3, 0.4) is 0 Å². The number of hydrogen-bond donors (Lipinski definition) is 0. The van der Waals surface area contributed by atoms with Crippen LogP contribution >= 0.6 is 0 Å². The van der Waals surface area contributed by atoms with Crippen LogP contribution in [0.5, 0.6) is 23.0 Å². The first kappa shape index (κ1) is 17.1. The van der Waals surface area contributed by atoms with Crippen molar-refractivity contribution in [2.45, 2.75) is 13.8 Å². The fourth-order valence-corrected chi connectivity index (χ4v) is 1.75. The minimum Gasteiger partial charge on any atom is -0.461 e. The van der Waals surface area contributed by atoms with Crippen molar-refractivity contribution in [3.8, 4) is 23.0 Å². The second-order valence-electron chi connectivity index (χ2n) is 4.52. The van der Waals surface area contributed by atoms with E-state index in [9.17, 15) is 4.79 Å². The highest BCUT2D eigenvalue weighted by Crippen LogP contribution is 2.29. The summed E-state index contributed by atoms with van der Waals surface area (Å²) >= 11 is 0. The molecular formula is C19H18O5. The third kappa shape index (κ3) is 4.91. The molecule has 0 saturated carbocycles. The Hall–Kier alpha value is -3.21. The lowest BCUT2D eigenvalue weighted by molar-refractivity contribution is 0.149. The molecule has 24 heavy (non-hydrogen) atoms. The van der Waals surface area contributed by atoms with Gasteiger partial charge in [0.05, 0.1) is 12.5 Å². The summed E-state index contributed by atoms with van der Waals surface area (Å²) in [6.07, 6.45) is 5.55. The van der Waals surface area contributed by atoms with Crippen molar-refractivity contribution in [2.75, 3.05) is 0 Å². The first-order valence-corrected chi connectivity index (χ1v) is 7.38. The quantitative estimate of drug-likeness (QED) is 0.420. The molecule has 0 fully saturated rings. The van der Waals surface area contributed by atoms with E-state index >= 15 is 0 Å². The Morgan fingerprint density at radius 2 is 1.08 bits per heavy atom. The zero-order chi connectivity index (χ0) is 17.2. The number of carbonyl (C=O) groups excluding carboxylic acids is 1. The molecule has 0 aliphatic carbocycles. The van der Waals surface area contributed by atoms with Gasteiger partial charge in [0, 0.05) is 0 Å². The topological polar surface area (TPSA) is 54.0 Å². The maximum atomic E-state index is 12.0. The van der Waals surface area contributed by atoms with Crippen LogP contribution in [0.1, 0.15) is 13.8 Å². The summed E-state index contributed by atoms with van der Waals surface area (Å²) in [5.41, 5.74) is 0. The Labute approximate surface area is 140 Å². The number of hydrogen-bond acceptors (Lipinski definition) is 5. The van der Waals surface area contributed by atoms with Gasteiger partial charge in [-0.3, -0.25) is 0 Å². The molecule has 0 atom stereocenters. The fraction of sp³-hybridized carbons (Fsp3) is 0.105. The Bertz CT molecular complexity index is 673. The Balaban J connectivity index is 2.09. The van der Waals surface area contributed by atoms with Crippen molar-refractivity contribution in [1.29, 1.82) is 0 Å². The molecule has 0 bridgehead atoms. The SMILES string of the molecule is CC=COc1ccccc1OC(=O)Oc1ccccc1OC=CC. The van der Waals surface area contributed by atoms with Gasteiger partial charge in [-0.2, -0.15) is 0 Å². The predicted octanol–water partition coefficient (Wildman–Crippen LogP) is 5.09. The molecule has 124 valence electrons. The van der Waals surface area contributed by atoms with Crippen LogP contribution in [0.25, 0.3) is 0 Å². The molecule has 5 heteroatoms. The Morgan fingerprint density at radius 3 is 1.46 bits per heavy atom. The molecule has 0 radical (unpaired) electrons. The molecular weight excluding hydrogens is 308 g/mol. The zero-order valence-corrected chi connectivity index (χ0v) is 13.5. The van der Waals surface area contributed by atoms with Crippen LogP contribution in [0.4, 0.5) is 4.79 Å². The van der Waals surface area contributed by atoms with Gasteiger partial charge in [-0.25, -0.2) is 4.79 Å². The summed E-state index contributed by atoms with van der Waals surface area (Å²) in [5, 5.41) is 0. The van der Waals surface area contributed by atoms with E-state index in [0.717, 1.165) is 0 Å². The molecule has 2 rings (SSSR count). The summed E-state index contributed by atoms with van der Waals surface area (Å²) in [6.45, 7) is 3.64. The second kappa shape index (κ2) is 9.05. The van der Waals surface area contributed by atoms with E-state index in [1.807, 2.05) is 13.8 Å². The van der Waals surface area contributed by atoms with E-state index in [-0.39, 0.29) is 11.5 Å². The minimum absolute atomic E-state index is 0.257. The fourth-order valence-electron chi connectivity index (χ4n) is 1.75. The van der Waals surface area contributed by atoms with Gasteiger partial charge < -0.3 is 18.9 Å². The van der Waals surface area contributed by atoms with E-state index in [1.54, 1.807) is 60.7 Å². The molecule has 5 nitrogen and oxygen atoms in total. The van der Waals surface area contributed by atoms with Gasteiger partial charge in [0.15, 0.2) is 23.0 Å². The number of allylic oxidation sites excluding steroid dienone is 2. The van der Waals surface area contributed by atoms with Crippen LogP contribution in [-0.2, 0) is 0 Å². The van der Waals surface area contributed by atoms with Gasteiger partial charge in [-0.15, -0.1) is 0 Å². The molecule has 2 aromatic rings. The summed E-state index contributed by atoms with van der Waals surface area (Å²) in [6, 6.07) is 13.6. The van der Waals surface area contributed by atoms with Gasteiger partial charge in [0.2, 0.25) is 0 Å². The maximum Gasteiger partial charge on any atom is 0.519 e. The van der Waals surface area contributed by atoms with Crippen molar-refractivity contribution in [1.82, 2.24) is 0 Å². The van der Waals surface area contributed by atoms with Gasteiger partial charge >= 0.3 is 6.16 Å². The predicted molar refractivity (Wildman–Crippen MR) is 90.4 cm³/mol. The summed E-state index contributed by atoms with van der Waals surface area (Å²) in [7, 11) is 0. The molecule has 0 aliphatic heterocycles. The summed E-state index contributed by atoms with van der Waals surface area (Å²) in [5.74, 6) is 1.33. The number of benzene rings is 2. The van der Waals surface area contributed by atoms with Crippen LogP contribution in [0.15, 0.2) is 73.2 Å². The van der Waals surface area contributed by atoms with Gasteiger partial charge in [-0.05, 0) is 38.1 Å². The van der Waals surface area contributed by atoms with Crippen molar-refractivity contribution < 1.29 is 23.7 Å². The average molecular weight is 326 g/mol. The van der Waals surface area contributed by atoms with E-state index < -0.39 is 6.16 Å². The van der Waals surface area contributed by atoms with E-state index in [0.29, 0.717) is 11.5 Å². The van der Waals surface area contributed by atoms with Gasteiger partial charge in [-0.1, -0.05) is 36.4 Å². The van der Waals surface area contributed by atoms with Crippen LogP contribution in [0, 0.1) is 0 Å². The van der Waals surface area contributed by atoms with Crippen LogP contribution < -0.4 is 18.9 Å². The van der Waals surface area contributed by atoms with Gasteiger partial charge in [0.25, 0.3) is 0 Å². The lowest BCUT2D eigenvalue weighted by atomic mass is 10.3. The first-order chi connectivity index (χ1) is 11.7. The summed E-state index contributed by atoms with van der Waals surface area (Å²) in [4.78, 5) is 12.0. The molecule has 0 unspecified atom stereocenters. The third-order valence-corrected chi connectivity index (χ3v) is 2.75. The molecule has 0 heterocycles. The van der Waals surface area contributed by atoms with E-state index in [1.165, 1.54) is 12.5 Å². The maximum absolute atomic E-state index is 12.0. The highest BCUT2D eigenvalue weighted by Gasteiger charge is 2.14.